The third-order valence-corrected chi connectivity index (χ3v) is 7.60. The van der Waals surface area contributed by atoms with Crippen LogP contribution in [0.4, 0.5) is 0 Å². The Morgan fingerprint density at radius 3 is 2.83 bits per heavy atom. The number of nitrogens with one attached hydrogen (secondary N) is 1. The fourth-order valence-electron chi connectivity index (χ4n) is 5.92. The third-order valence-electron chi connectivity index (χ3n) is 7.60. The van der Waals surface area contributed by atoms with Gasteiger partial charge in [0.25, 0.3) is 5.56 Å². The summed E-state index contributed by atoms with van der Waals surface area (Å²) in [6.45, 7) is 3.30. The molecule has 3 fully saturated rings. The first-order valence-corrected chi connectivity index (χ1v) is 10.3. The number of hydrogen-bond donors (Lipinski definition) is 1. The number of fused-ring (bicyclic) bond motifs is 1. The monoisotopic (exact) mass is 390 g/mol. The van der Waals surface area contributed by atoms with Crippen LogP contribution in [-0.4, -0.2) is 58.2 Å². The van der Waals surface area contributed by atoms with Crippen molar-refractivity contribution in [3.63, 3.8) is 0 Å². The van der Waals surface area contributed by atoms with Crippen LogP contribution in [0.5, 0.6) is 5.75 Å². The molecule has 2 bridgehead atoms. The molecule has 0 amide bonds. The second-order valence-electron chi connectivity index (χ2n) is 9.02. The highest BCUT2D eigenvalue weighted by molar-refractivity contribution is 5.94. The molecule has 2 unspecified atom stereocenters. The highest BCUT2D eigenvalue weighted by atomic mass is 16.5. The summed E-state index contributed by atoms with van der Waals surface area (Å²) in [5.41, 5.74) is 4.43. The van der Waals surface area contributed by atoms with Gasteiger partial charge < -0.3 is 14.3 Å². The number of piperazine rings is 1. The summed E-state index contributed by atoms with van der Waals surface area (Å²) in [5.74, 6) is 1.78. The SMILES string of the molecule is COc1cc(-c2cn(C)c(=O)c3[nH]ccc23)ccc1CN1CC23C[C@H]2C1CN3C. The van der Waals surface area contributed by atoms with Crippen LogP contribution in [0.2, 0.25) is 0 Å². The van der Waals surface area contributed by atoms with Crippen LogP contribution >= 0.6 is 0 Å². The first-order valence-electron chi connectivity index (χ1n) is 10.3. The lowest BCUT2D eigenvalue weighted by atomic mass is 10.0. The molecular formula is C23H26N4O2. The predicted octanol–water partition coefficient (Wildman–Crippen LogP) is 2.43. The van der Waals surface area contributed by atoms with E-state index in [1.54, 1.807) is 18.7 Å². The zero-order valence-electron chi connectivity index (χ0n) is 17.1. The average molecular weight is 390 g/mol. The number of nitrogens with zero attached hydrogens (tertiary/aromatic N) is 3. The number of rotatable bonds is 4. The topological polar surface area (TPSA) is 53.5 Å². The van der Waals surface area contributed by atoms with Gasteiger partial charge in [0.15, 0.2) is 0 Å². The summed E-state index contributed by atoms with van der Waals surface area (Å²) < 4.78 is 7.43. The van der Waals surface area contributed by atoms with Crippen molar-refractivity contribution in [1.82, 2.24) is 19.4 Å². The number of pyridine rings is 1. The van der Waals surface area contributed by atoms with Crippen molar-refractivity contribution < 1.29 is 4.74 Å². The van der Waals surface area contributed by atoms with E-state index >= 15 is 0 Å². The summed E-state index contributed by atoms with van der Waals surface area (Å²) >= 11 is 0. The van der Waals surface area contributed by atoms with Gasteiger partial charge in [0.2, 0.25) is 0 Å². The molecule has 0 spiro atoms. The van der Waals surface area contributed by atoms with Crippen LogP contribution in [0.1, 0.15) is 12.0 Å². The minimum atomic E-state index is -0.00988. The van der Waals surface area contributed by atoms with Crippen molar-refractivity contribution >= 4 is 10.9 Å². The van der Waals surface area contributed by atoms with E-state index in [1.807, 2.05) is 18.5 Å². The number of ether oxygens (including phenoxy) is 1. The first-order chi connectivity index (χ1) is 14.0. The number of piperidine rings is 2. The molecule has 6 rings (SSSR count). The minimum absolute atomic E-state index is 0.00988. The van der Waals surface area contributed by atoms with E-state index < -0.39 is 0 Å². The smallest absolute Gasteiger partial charge is 0.274 e. The van der Waals surface area contributed by atoms with Gasteiger partial charge in [0.1, 0.15) is 11.3 Å². The van der Waals surface area contributed by atoms with E-state index in [-0.39, 0.29) is 5.56 Å². The van der Waals surface area contributed by atoms with E-state index in [0.717, 1.165) is 34.7 Å². The van der Waals surface area contributed by atoms with Gasteiger partial charge in [-0.3, -0.25) is 14.6 Å². The zero-order chi connectivity index (χ0) is 19.9. The van der Waals surface area contributed by atoms with Gasteiger partial charge in [0.05, 0.1) is 7.11 Å². The number of hydrogen-bond acceptors (Lipinski definition) is 4. The Kier molecular flexibility index (Phi) is 3.42. The molecule has 1 aliphatic carbocycles. The molecule has 150 valence electrons. The van der Waals surface area contributed by atoms with E-state index in [4.69, 9.17) is 4.74 Å². The highest BCUT2D eigenvalue weighted by Crippen LogP contribution is 2.61. The maximum atomic E-state index is 12.4. The lowest BCUT2D eigenvalue weighted by Gasteiger charge is -2.37. The Hall–Kier alpha value is -2.57. The number of H-pyrrole nitrogens is 1. The Morgan fingerprint density at radius 2 is 2.14 bits per heavy atom. The maximum Gasteiger partial charge on any atom is 0.274 e. The van der Waals surface area contributed by atoms with Crippen molar-refractivity contribution in [1.29, 1.82) is 0 Å². The number of aromatic nitrogens is 2. The number of methoxy groups -OCH3 is 1. The summed E-state index contributed by atoms with van der Waals surface area (Å²) in [7, 11) is 5.82. The molecule has 4 heterocycles. The quantitative estimate of drug-likeness (QED) is 0.744. The Bertz CT molecular complexity index is 1200. The van der Waals surface area contributed by atoms with Crippen LogP contribution in [0.15, 0.2) is 41.5 Å². The Balaban J connectivity index is 1.35. The van der Waals surface area contributed by atoms with Crippen LogP contribution in [0.3, 0.4) is 0 Å². The van der Waals surface area contributed by atoms with Crippen molar-refractivity contribution in [3.8, 4) is 16.9 Å². The van der Waals surface area contributed by atoms with Crippen molar-refractivity contribution in [3.05, 3.63) is 52.6 Å². The lowest BCUT2D eigenvalue weighted by molar-refractivity contribution is 0.0907. The van der Waals surface area contributed by atoms with Crippen LogP contribution in [0.25, 0.3) is 22.0 Å². The molecule has 0 radical (unpaired) electrons. The summed E-state index contributed by atoms with van der Waals surface area (Å²) in [4.78, 5) is 20.6. The fourth-order valence-corrected chi connectivity index (χ4v) is 5.92. The predicted molar refractivity (Wildman–Crippen MR) is 113 cm³/mol. The average Bonchev–Trinajstić information content (AvgIpc) is 3.00. The Morgan fingerprint density at radius 1 is 1.28 bits per heavy atom. The van der Waals surface area contributed by atoms with Gasteiger partial charge in [-0.1, -0.05) is 12.1 Å². The van der Waals surface area contributed by atoms with Gasteiger partial charge in [-0.15, -0.1) is 0 Å². The van der Waals surface area contributed by atoms with Crippen molar-refractivity contribution in [2.75, 3.05) is 27.2 Å². The summed E-state index contributed by atoms with van der Waals surface area (Å²) in [5, 5.41) is 0.946. The van der Waals surface area contributed by atoms with Gasteiger partial charge in [-0.2, -0.15) is 0 Å². The highest BCUT2D eigenvalue weighted by Gasteiger charge is 2.71. The molecule has 2 aliphatic heterocycles. The van der Waals surface area contributed by atoms with Crippen LogP contribution in [0, 0.1) is 5.92 Å². The fraction of sp³-hybridized carbons (Fsp3) is 0.435. The second-order valence-corrected chi connectivity index (χ2v) is 9.02. The standard InChI is InChI=1S/C23H26N4O2/c1-25-11-17(16-6-7-24-21(16)22(25)28)14-4-5-15(20(8-14)29-3)10-27-13-23-9-18(23)19(27)12-26(23)2/h4-8,11,18-19,24H,9-10,12-13H2,1-3H3/t18-,19?,23?/m0/s1. The molecule has 3 aromatic rings. The zero-order valence-corrected chi connectivity index (χ0v) is 17.1. The number of likely N-dealkylation sites (tertiary alicyclic amines) is 2. The van der Waals surface area contributed by atoms with Gasteiger partial charge in [-0.25, -0.2) is 0 Å². The minimum Gasteiger partial charge on any atom is -0.496 e. The largest absolute Gasteiger partial charge is 0.496 e. The summed E-state index contributed by atoms with van der Waals surface area (Å²) in [6.07, 6.45) is 5.11. The van der Waals surface area contributed by atoms with Gasteiger partial charge >= 0.3 is 0 Å². The first kappa shape index (κ1) is 17.3. The van der Waals surface area contributed by atoms with Gasteiger partial charge in [-0.05, 0) is 37.1 Å². The number of benzene rings is 1. The van der Waals surface area contributed by atoms with Crippen LogP contribution < -0.4 is 10.3 Å². The Labute approximate surface area is 169 Å². The molecule has 3 aliphatic rings. The molecule has 1 N–H and O–H groups in total. The van der Waals surface area contributed by atoms with Crippen molar-refractivity contribution in [2.24, 2.45) is 13.0 Å². The molecule has 3 atom stereocenters. The normalized spacial score (nSPS) is 28.2. The number of aryl methyl sites for hydroxylation is 1. The molecule has 29 heavy (non-hydrogen) atoms. The molecule has 6 nitrogen and oxygen atoms in total. The molecule has 2 aromatic heterocycles. The number of likely N-dealkylation sites (N-methyl/N-ethyl adjacent to an activating group) is 1. The van der Waals surface area contributed by atoms with E-state index in [2.05, 4.69) is 40.0 Å². The van der Waals surface area contributed by atoms with Gasteiger partial charge in [0, 0.05) is 67.2 Å². The molecule has 6 heteroatoms. The second kappa shape index (κ2) is 5.74. The lowest BCUT2D eigenvalue weighted by Crippen LogP contribution is -2.49. The molecular weight excluding hydrogens is 364 g/mol. The number of aromatic amines is 1. The third kappa shape index (κ3) is 2.27. The molecule has 2 saturated heterocycles. The van der Waals surface area contributed by atoms with E-state index in [0.29, 0.717) is 17.1 Å². The maximum absolute atomic E-state index is 12.4. The van der Waals surface area contributed by atoms with E-state index in [9.17, 15) is 4.79 Å². The van der Waals surface area contributed by atoms with E-state index in [1.165, 1.54) is 25.1 Å². The summed E-state index contributed by atoms with van der Waals surface area (Å²) in [6, 6.07) is 9.11. The van der Waals surface area contributed by atoms with Crippen LogP contribution in [-0.2, 0) is 13.6 Å². The molecule has 1 aromatic carbocycles. The van der Waals surface area contributed by atoms with Crippen molar-refractivity contribution in [2.45, 2.75) is 24.5 Å². The molecule has 1 saturated carbocycles.